The Morgan fingerprint density at radius 2 is 1.96 bits per heavy atom. The maximum Gasteiger partial charge on any atom is 0.353 e. The van der Waals surface area contributed by atoms with Crippen LogP contribution in [0.4, 0.5) is 23.3 Å². The molecule has 1 saturated heterocycles. The highest BCUT2D eigenvalue weighted by atomic mass is 16.6. The molecule has 1 aromatic rings. The minimum atomic E-state index is -0.483. The van der Waals surface area contributed by atoms with Crippen molar-refractivity contribution in [1.82, 2.24) is 9.97 Å². The summed E-state index contributed by atoms with van der Waals surface area (Å²) in [4.78, 5) is 21.7. The van der Waals surface area contributed by atoms with Gasteiger partial charge in [-0.25, -0.2) is 0 Å². The first kappa shape index (κ1) is 16.7. The molecule has 24 heavy (non-hydrogen) atoms. The largest absolute Gasteiger partial charge is 0.378 e. The van der Waals surface area contributed by atoms with Crippen molar-refractivity contribution in [3.8, 4) is 0 Å². The SMILES string of the molecule is CC1CCCN(c2nc(N)c([N+](=O)[O-])c(NC3CCCCC3)n2)C1. The first-order chi connectivity index (χ1) is 11.5. The Hall–Kier alpha value is -2.12. The van der Waals surface area contributed by atoms with Crippen molar-refractivity contribution in [3.05, 3.63) is 10.1 Å². The second kappa shape index (κ2) is 7.19. The Morgan fingerprint density at radius 3 is 2.62 bits per heavy atom. The standard InChI is InChI=1S/C16H26N6O2/c1-11-6-5-9-21(10-11)16-19-14(17)13(22(23)24)15(20-16)18-12-7-3-2-4-8-12/h11-12H,2-10H2,1H3,(H3,17,18,19,20). The first-order valence-corrected chi connectivity index (χ1v) is 8.88. The van der Waals surface area contributed by atoms with Crippen molar-refractivity contribution in [2.24, 2.45) is 5.92 Å². The minimum Gasteiger partial charge on any atom is -0.378 e. The lowest BCUT2D eigenvalue weighted by molar-refractivity contribution is -0.383. The highest BCUT2D eigenvalue weighted by Crippen LogP contribution is 2.33. The molecule has 0 radical (unpaired) electrons. The molecule has 3 rings (SSSR count). The Labute approximate surface area is 142 Å². The molecule has 132 valence electrons. The number of nitro groups is 1. The van der Waals surface area contributed by atoms with E-state index in [1.807, 2.05) is 0 Å². The van der Waals surface area contributed by atoms with Gasteiger partial charge in [-0.1, -0.05) is 26.2 Å². The number of rotatable bonds is 4. The van der Waals surface area contributed by atoms with Gasteiger partial charge in [-0.15, -0.1) is 0 Å². The summed E-state index contributed by atoms with van der Waals surface area (Å²) in [5.41, 5.74) is 5.71. The maximum atomic E-state index is 11.4. The molecule has 1 aliphatic carbocycles. The van der Waals surface area contributed by atoms with Crippen molar-refractivity contribution < 1.29 is 4.92 Å². The third kappa shape index (κ3) is 3.68. The summed E-state index contributed by atoms with van der Waals surface area (Å²) >= 11 is 0. The predicted octanol–water partition coefficient (Wildman–Crippen LogP) is 2.95. The van der Waals surface area contributed by atoms with Crippen LogP contribution in [0.25, 0.3) is 0 Å². The Kier molecular flexibility index (Phi) is 5.01. The molecule has 8 nitrogen and oxygen atoms in total. The van der Waals surface area contributed by atoms with Crippen molar-refractivity contribution in [2.45, 2.75) is 57.9 Å². The highest BCUT2D eigenvalue weighted by Gasteiger charge is 2.28. The minimum absolute atomic E-state index is 0.0541. The fourth-order valence-electron chi connectivity index (χ4n) is 3.69. The number of piperidine rings is 1. The lowest BCUT2D eigenvalue weighted by Crippen LogP contribution is -2.36. The van der Waals surface area contributed by atoms with E-state index < -0.39 is 4.92 Å². The Morgan fingerprint density at radius 1 is 1.21 bits per heavy atom. The van der Waals surface area contributed by atoms with Crippen LogP contribution in [0, 0.1) is 16.0 Å². The number of nitrogen functional groups attached to an aromatic ring is 1. The quantitative estimate of drug-likeness (QED) is 0.643. The molecule has 2 aliphatic rings. The van der Waals surface area contributed by atoms with Crippen LogP contribution >= 0.6 is 0 Å². The predicted molar refractivity (Wildman–Crippen MR) is 94.2 cm³/mol. The van der Waals surface area contributed by atoms with Gasteiger partial charge in [0.1, 0.15) is 0 Å². The molecule has 2 fully saturated rings. The van der Waals surface area contributed by atoms with Crippen molar-refractivity contribution in [1.29, 1.82) is 0 Å². The second-order valence-electron chi connectivity index (χ2n) is 7.04. The molecule has 1 unspecified atom stereocenters. The van der Waals surface area contributed by atoms with E-state index in [9.17, 15) is 10.1 Å². The number of nitrogens with two attached hydrogens (primary N) is 1. The van der Waals surface area contributed by atoms with Crippen LogP contribution in [0.2, 0.25) is 0 Å². The lowest BCUT2D eigenvalue weighted by atomic mass is 9.95. The number of hydrogen-bond acceptors (Lipinski definition) is 7. The molecular formula is C16H26N6O2. The third-order valence-electron chi connectivity index (χ3n) is 4.97. The average molecular weight is 334 g/mol. The Balaban J connectivity index is 1.89. The number of nitrogens with one attached hydrogen (secondary N) is 1. The summed E-state index contributed by atoms with van der Waals surface area (Å²) in [7, 11) is 0. The number of aromatic nitrogens is 2. The van der Waals surface area contributed by atoms with Gasteiger partial charge >= 0.3 is 5.69 Å². The highest BCUT2D eigenvalue weighted by molar-refractivity contribution is 5.70. The van der Waals surface area contributed by atoms with E-state index >= 15 is 0 Å². The summed E-state index contributed by atoms with van der Waals surface area (Å²) < 4.78 is 0. The van der Waals surface area contributed by atoms with Gasteiger partial charge in [-0.05, 0) is 31.6 Å². The molecule has 0 bridgehead atoms. The molecule has 1 saturated carbocycles. The van der Waals surface area contributed by atoms with Crippen molar-refractivity contribution in [2.75, 3.05) is 29.0 Å². The van der Waals surface area contributed by atoms with Gasteiger partial charge < -0.3 is 16.0 Å². The molecule has 0 aromatic carbocycles. The fourth-order valence-corrected chi connectivity index (χ4v) is 3.69. The molecule has 1 atom stereocenters. The van der Waals surface area contributed by atoms with Gasteiger partial charge in [0.15, 0.2) is 0 Å². The van der Waals surface area contributed by atoms with E-state index in [-0.39, 0.29) is 23.4 Å². The molecule has 1 aliphatic heterocycles. The van der Waals surface area contributed by atoms with Crippen molar-refractivity contribution in [3.63, 3.8) is 0 Å². The number of anilines is 3. The van der Waals surface area contributed by atoms with Crippen molar-refractivity contribution >= 4 is 23.3 Å². The van der Waals surface area contributed by atoms with Crippen LogP contribution < -0.4 is 16.0 Å². The van der Waals surface area contributed by atoms with Gasteiger partial charge in [-0.2, -0.15) is 9.97 Å². The molecule has 1 aromatic heterocycles. The number of hydrogen-bond donors (Lipinski definition) is 2. The van der Waals surface area contributed by atoms with Gasteiger partial charge in [0, 0.05) is 19.1 Å². The van der Waals surface area contributed by atoms with E-state index in [0.717, 1.165) is 45.2 Å². The summed E-state index contributed by atoms with van der Waals surface area (Å²) in [6.07, 6.45) is 7.79. The summed E-state index contributed by atoms with van der Waals surface area (Å²) in [5.74, 6) is 1.28. The lowest BCUT2D eigenvalue weighted by Gasteiger charge is -2.31. The molecule has 8 heteroatoms. The third-order valence-corrected chi connectivity index (χ3v) is 4.97. The van der Waals surface area contributed by atoms with Gasteiger partial charge in [0.2, 0.25) is 17.6 Å². The molecule has 0 amide bonds. The fraction of sp³-hybridized carbons (Fsp3) is 0.750. The van der Waals surface area contributed by atoms with Crippen LogP contribution in [0.3, 0.4) is 0 Å². The molecule has 2 heterocycles. The second-order valence-corrected chi connectivity index (χ2v) is 7.04. The van der Waals surface area contributed by atoms with Crippen LogP contribution in [0.1, 0.15) is 51.9 Å². The average Bonchev–Trinajstić information content (AvgIpc) is 2.55. The number of nitrogens with zero attached hydrogens (tertiary/aromatic N) is 4. The molecular weight excluding hydrogens is 308 g/mol. The molecule has 0 spiro atoms. The molecule has 3 N–H and O–H groups in total. The van der Waals surface area contributed by atoms with Crippen LogP contribution in [0.15, 0.2) is 0 Å². The first-order valence-electron chi connectivity index (χ1n) is 8.88. The van der Waals surface area contributed by atoms with Crippen LogP contribution in [0.5, 0.6) is 0 Å². The monoisotopic (exact) mass is 334 g/mol. The Bertz CT molecular complexity index is 602. The van der Waals surface area contributed by atoms with Gasteiger partial charge in [-0.3, -0.25) is 10.1 Å². The zero-order chi connectivity index (χ0) is 17.1. The van der Waals surface area contributed by atoms with E-state index in [2.05, 4.69) is 27.1 Å². The van der Waals surface area contributed by atoms with E-state index in [4.69, 9.17) is 5.73 Å². The smallest absolute Gasteiger partial charge is 0.353 e. The topological polar surface area (TPSA) is 110 Å². The maximum absolute atomic E-state index is 11.4. The van der Waals surface area contributed by atoms with E-state index in [0.29, 0.717) is 11.9 Å². The van der Waals surface area contributed by atoms with E-state index in [1.54, 1.807) is 0 Å². The summed E-state index contributed by atoms with van der Waals surface area (Å²) in [6.45, 7) is 3.92. The zero-order valence-corrected chi connectivity index (χ0v) is 14.2. The van der Waals surface area contributed by atoms with Gasteiger partial charge in [0.05, 0.1) is 4.92 Å². The summed E-state index contributed by atoms with van der Waals surface area (Å²) in [6, 6.07) is 0.222. The van der Waals surface area contributed by atoms with Crippen LogP contribution in [-0.2, 0) is 0 Å². The summed E-state index contributed by atoms with van der Waals surface area (Å²) in [5, 5.41) is 14.7. The van der Waals surface area contributed by atoms with Crippen LogP contribution in [-0.4, -0.2) is 34.0 Å². The normalized spacial score (nSPS) is 22.4. The zero-order valence-electron chi connectivity index (χ0n) is 14.2. The van der Waals surface area contributed by atoms with E-state index in [1.165, 1.54) is 12.8 Å². The van der Waals surface area contributed by atoms with Gasteiger partial charge in [0.25, 0.3) is 0 Å².